The summed E-state index contributed by atoms with van der Waals surface area (Å²) in [7, 11) is 0. The number of unbranched alkanes of at least 4 members (excludes halogenated alkanes) is 2. The summed E-state index contributed by atoms with van der Waals surface area (Å²) in [5.41, 5.74) is 0. The largest absolute Gasteiger partial charge is 0.465 e. The molecule has 1 aliphatic rings. The van der Waals surface area contributed by atoms with E-state index in [0.29, 0.717) is 19.6 Å². The van der Waals surface area contributed by atoms with Crippen molar-refractivity contribution in [1.82, 2.24) is 5.32 Å². The van der Waals surface area contributed by atoms with Gasteiger partial charge in [-0.3, -0.25) is 4.79 Å². The van der Waals surface area contributed by atoms with Crippen molar-refractivity contribution in [2.45, 2.75) is 44.8 Å². The van der Waals surface area contributed by atoms with Gasteiger partial charge in [0.25, 0.3) is 0 Å². The van der Waals surface area contributed by atoms with E-state index >= 15 is 0 Å². The van der Waals surface area contributed by atoms with Crippen molar-refractivity contribution in [3.63, 3.8) is 0 Å². The molecule has 2 N–H and O–H groups in total. The molecule has 0 amide bonds. The Labute approximate surface area is 84.6 Å². The van der Waals surface area contributed by atoms with Crippen LogP contribution >= 0.6 is 0 Å². The molecule has 4 heteroatoms. The van der Waals surface area contributed by atoms with Gasteiger partial charge in [0, 0.05) is 13.0 Å². The summed E-state index contributed by atoms with van der Waals surface area (Å²) >= 11 is 0. The zero-order valence-electron chi connectivity index (χ0n) is 8.66. The first-order chi connectivity index (χ1) is 6.74. The maximum Gasteiger partial charge on any atom is 0.323 e. The van der Waals surface area contributed by atoms with Crippen molar-refractivity contribution in [2.75, 3.05) is 13.2 Å². The van der Waals surface area contributed by atoms with E-state index in [-0.39, 0.29) is 12.0 Å². The molecule has 0 aromatic rings. The van der Waals surface area contributed by atoms with Crippen LogP contribution in [-0.2, 0) is 9.53 Å². The lowest BCUT2D eigenvalue weighted by Gasteiger charge is -2.09. The Morgan fingerprint density at radius 3 is 2.93 bits per heavy atom. The summed E-state index contributed by atoms with van der Waals surface area (Å²) < 4.78 is 5.06. The molecule has 0 aliphatic carbocycles. The van der Waals surface area contributed by atoms with Crippen molar-refractivity contribution < 1.29 is 14.6 Å². The molecule has 0 spiro atoms. The summed E-state index contributed by atoms with van der Waals surface area (Å²) in [6.45, 7) is 3.10. The normalized spacial score (nSPS) is 26.4. The van der Waals surface area contributed by atoms with Gasteiger partial charge in [-0.15, -0.1) is 0 Å². The van der Waals surface area contributed by atoms with E-state index in [1.54, 1.807) is 0 Å². The number of nitrogens with one attached hydrogen (secondary N) is 1. The molecule has 1 rings (SSSR count). The molecule has 0 aromatic carbocycles. The van der Waals surface area contributed by atoms with E-state index in [2.05, 4.69) is 12.2 Å². The SMILES string of the molecule is CCCCCOC(=O)[C@@H]1C[C@H](O)CN1. The minimum atomic E-state index is -0.400. The molecule has 82 valence electrons. The first kappa shape index (κ1) is 11.5. The Morgan fingerprint density at radius 1 is 1.57 bits per heavy atom. The first-order valence-corrected chi connectivity index (χ1v) is 5.32. The molecule has 1 heterocycles. The Kier molecular flexibility index (Phi) is 4.90. The van der Waals surface area contributed by atoms with Gasteiger partial charge in [-0.1, -0.05) is 19.8 Å². The number of carbonyl (C=O) groups excluding carboxylic acids is 1. The zero-order chi connectivity index (χ0) is 10.4. The monoisotopic (exact) mass is 201 g/mol. The summed E-state index contributed by atoms with van der Waals surface area (Å²) in [4.78, 5) is 11.4. The molecule has 1 aliphatic heterocycles. The van der Waals surface area contributed by atoms with E-state index in [1.807, 2.05) is 0 Å². The van der Waals surface area contributed by atoms with Crippen LogP contribution in [0.1, 0.15) is 32.6 Å². The van der Waals surface area contributed by atoms with Crippen LogP contribution in [0.15, 0.2) is 0 Å². The molecular weight excluding hydrogens is 182 g/mol. The second-order valence-electron chi connectivity index (χ2n) is 3.72. The molecule has 0 aromatic heterocycles. The lowest BCUT2D eigenvalue weighted by atomic mass is 10.2. The number of hydrogen-bond acceptors (Lipinski definition) is 4. The van der Waals surface area contributed by atoms with Gasteiger partial charge in [-0.2, -0.15) is 0 Å². The smallest absolute Gasteiger partial charge is 0.323 e. The van der Waals surface area contributed by atoms with E-state index in [4.69, 9.17) is 4.74 Å². The van der Waals surface area contributed by atoms with Gasteiger partial charge in [0.05, 0.1) is 12.7 Å². The molecule has 0 radical (unpaired) electrons. The molecule has 0 unspecified atom stereocenters. The van der Waals surface area contributed by atoms with Gasteiger partial charge >= 0.3 is 5.97 Å². The van der Waals surface area contributed by atoms with Crippen LogP contribution in [0.2, 0.25) is 0 Å². The average molecular weight is 201 g/mol. The number of aliphatic hydroxyl groups excluding tert-OH is 1. The van der Waals surface area contributed by atoms with E-state index in [1.165, 1.54) is 0 Å². The van der Waals surface area contributed by atoms with Gasteiger partial charge in [0.15, 0.2) is 0 Å². The van der Waals surface area contributed by atoms with Gasteiger partial charge < -0.3 is 15.2 Å². The third kappa shape index (κ3) is 3.64. The second-order valence-corrected chi connectivity index (χ2v) is 3.72. The van der Waals surface area contributed by atoms with Crippen LogP contribution in [0.3, 0.4) is 0 Å². The van der Waals surface area contributed by atoms with Crippen LogP contribution in [0.25, 0.3) is 0 Å². The van der Waals surface area contributed by atoms with Crippen LogP contribution in [-0.4, -0.2) is 36.4 Å². The average Bonchev–Trinajstić information content (AvgIpc) is 2.59. The number of carbonyl (C=O) groups is 1. The molecule has 0 saturated carbocycles. The third-order valence-electron chi connectivity index (χ3n) is 2.38. The topological polar surface area (TPSA) is 58.6 Å². The maximum absolute atomic E-state index is 11.4. The predicted molar refractivity (Wildman–Crippen MR) is 52.9 cm³/mol. The van der Waals surface area contributed by atoms with E-state index in [0.717, 1.165) is 19.3 Å². The van der Waals surface area contributed by atoms with Gasteiger partial charge in [-0.25, -0.2) is 0 Å². The van der Waals surface area contributed by atoms with E-state index < -0.39 is 6.10 Å². The van der Waals surface area contributed by atoms with Crippen LogP contribution in [0, 0.1) is 0 Å². The summed E-state index contributed by atoms with van der Waals surface area (Å²) in [6.07, 6.45) is 3.22. The molecule has 14 heavy (non-hydrogen) atoms. The minimum Gasteiger partial charge on any atom is -0.465 e. The highest BCUT2D eigenvalue weighted by Crippen LogP contribution is 2.08. The molecular formula is C10H19NO3. The zero-order valence-corrected chi connectivity index (χ0v) is 8.66. The van der Waals surface area contributed by atoms with Crippen molar-refractivity contribution in [3.05, 3.63) is 0 Å². The van der Waals surface area contributed by atoms with Gasteiger partial charge in [0.1, 0.15) is 6.04 Å². The highest BCUT2D eigenvalue weighted by atomic mass is 16.5. The Balaban J connectivity index is 2.09. The third-order valence-corrected chi connectivity index (χ3v) is 2.38. The summed E-state index contributed by atoms with van der Waals surface area (Å²) in [6, 6.07) is -0.299. The van der Waals surface area contributed by atoms with Crippen LogP contribution < -0.4 is 5.32 Å². The van der Waals surface area contributed by atoms with Crippen molar-refractivity contribution in [3.8, 4) is 0 Å². The van der Waals surface area contributed by atoms with Gasteiger partial charge in [0.2, 0.25) is 0 Å². The molecule has 4 nitrogen and oxygen atoms in total. The van der Waals surface area contributed by atoms with Crippen LogP contribution in [0.4, 0.5) is 0 Å². The molecule has 0 bridgehead atoms. The quantitative estimate of drug-likeness (QED) is 0.500. The second kappa shape index (κ2) is 5.98. The number of esters is 1. The number of ether oxygens (including phenoxy) is 1. The highest BCUT2D eigenvalue weighted by molar-refractivity contribution is 5.76. The van der Waals surface area contributed by atoms with E-state index in [9.17, 15) is 9.90 Å². The predicted octanol–water partition coefficient (Wildman–Crippen LogP) is 0.443. The summed E-state index contributed by atoms with van der Waals surface area (Å²) in [5.74, 6) is -0.224. The Bertz CT molecular complexity index is 184. The van der Waals surface area contributed by atoms with Crippen LogP contribution in [0.5, 0.6) is 0 Å². The maximum atomic E-state index is 11.4. The fourth-order valence-electron chi connectivity index (χ4n) is 1.52. The molecule has 1 saturated heterocycles. The number of aliphatic hydroxyl groups is 1. The lowest BCUT2D eigenvalue weighted by Crippen LogP contribution is -2.32. The van der Waals surface area contributed by atoms with Crippen molar-refractivity contribution in [2.24, 2.45) is 0 Å². The lowest BCUT2D eigenvalue weighted by molar-refractivity contribution is -0.146. The number of rotatable bonds is 5. The van der Waals surface area contributed by atoms with Gasteiger partial charge in [-0.05, 0) is 6.42 Å². The fraction of sp³-hybridized carbons (Fsp3) is 0.900. The number of β-amino-alcohol motifs (C(OH)–C–C–N with tert-alkyl or cyclic N) is 1. The first-order valence-electron chi connectivity index (χ1n) is 5.32. The molecule has 2 atom stereocenters. The Hall–Kier alpha value is -0.610. The standard InChI is InChI=1S/C10H19NO3/c1-2-3-4-5-14-10(13)9-6-8(12)7-11-9/h8-9,11-12H,2-7H2,1H3/t8-,9-/m0/s1. The van der Waals surface area contributed by atoms with Crippen molar-refractivity contribution >= 4 is 5.97 Å². The fourth-order valence-corrected chi connectivity index (χ4v) is 1.52. The number of hydrogen-bond donors (Lipinski definition) is 2. The molecule has 1 fully saturated rings. The van der Waals surface area contributed by atoms with Crippen molar-refractivity contribution in [1.29, 1.82) is 0 Å². The minimum absolute atomic E-state index is 0.224. The highest BCUT2D eigenvalue weighted by Gasteiger charge is 2.28. The summed E-state index contributed by atoms with van der Waals surface area (Å²) in [5, 5.41) is 12.1. The Morgan fingerprint density at radius 2 is 2.36 bits per heavy atom.